The Morgan fingerprint density at radius 3 is 2.83 bits per heavy atom. The van der Waals surface area contributed by atoms with Crippen molar-refractivity contribution in [2.45, 2.75) is 32.7 Å². The summed E-state index contributed by atoms with van der Waals surface area (Å²) in [5.74, 6) is 0.699. The summed E-state index contributed by atoms with van der Waals surface area (Å²) in [6, 6.07) is 7.82. The van der Waals surface area contributed by atoms with E-state index < -0.39 is 0 Å². The highest BCUT2D eigenvalue weighted by Crippen LogP contribution is 2.18. The van der Waals surface area contributed by atoms with Crippen LogP contribution in [0.15, 0.2) is 30.3 Å². The fourth-order valence-electron chi connectivity index (χ4n) is 1.77. The Bertz CT molecular complexity index is 413. The monoisotopic (exact) mass is 247 g/mol. The highest BCUT2D eigenvalue weighted by atomic mass is 16.5. The zero-order valence-electron chi connectivity index (χ0n) is 11.3. The number of ether oxygens (including phenoxy) is 1. The van der Waals surface area contributed by atoms with Crippen LogP contribution in [0, 0.1) is 0 Å². The number of methoxy groups -OCH3 is 1. The van der Waals surface area contributed by atoms with Gasteiger partial charge >= 0.3 is 0 Å². The average molecular weight is 247 g/mol. The van der Waals surface area contributed by atoms with Gasteiger partial charge in [-0.1, -0.05) is 31.5 Å². The van der Waals surface area contributed by atoms with Crippen LogP contribution < -0.4 is 10.1 Å². The molecule has 18 heavy (non-hydrogen) atoms. The molecule has 0 aliphatic heterocycles. The molecule has 1 N–H and O–H groups in total. The molecule has 1 aromatic rings. The lowest BCUT2D eigenvalue weighted by molar-refractivity contribution is -0.117. The molecular weight excluding hydrogens is 226 g/mol. The number of hydrogen-bond acceptors (Lipinski definition) is 2. The molecule has 1 atom stereocenters. The third-order valence-electron chi connectivity index (χ3n) is 2.66. The van der Waals surface area contributed by atoms with E-state index >= 15 is 0 Å². The second kappa shape index (κ2) is 7.54. The zero-order valence-corrected chi connectivity index (χ0v) is 11.3. The van der Waals surface area contributed by atoms with Crippen molar-refractivity contribution in [1.82, 2.24) is 5.32 Å². The maximum Gasteiger partial charge on any atom is 0.244 e. The Morgan fingerprint density at radius 2 is 2.17 bits per heavy atom. The number of para-hydroxylation sites is 1. The van der Waals surface area contributed by atoms with Gasteiger partial charge in [0.25, 0.3) is 0 Å². The minimum atomic E-state index is -0.0677. The number of benzene rings is 1. The smallest absolute Gasteiger partial charge is 0.244 e. The van der Waals surface area contributed by atoms with Crippen LogP contribution in [0.3, 0.4) is 0 Å². The molecular formula is C15H21NO2. The fourth-order valence-corrected chi connectivity index (χ4v) is 1.77. The Hall–Kier alpha value is -1.77. The van der Waals surface area contributed by atoms with Gasteiger partial charge in [-0.2, -0.15) is 0 Å². The van der Waals surface area contributed by atoms with Gasteiger partial charge in [-0.15, -0.1) is 0 Å². The van der Waals surface area contributed by atoms with Gasteiger partial charge in [0.2, 0.25) is 5.91 Å². The quantitative estimate of drug-likeness (QED) is 0.785. The summed E-state index contributed by atoms with van der Waals surface area (Å²) < 4.78 is 5.21. The molecule has 0 spiro atoms. The first-order valence-corrected chi connectivity index (χ1v) is 6.29. The Labute approximate surface area is 109 Å². The number of amides is 1. The minimum Gasteiger partial charge on any atom is -0.496 e. The molecule has 3 nitrogen and oxygen atoms in total. The molecule has 98 valence electrons. The number of carbonyl (C=O) groups excluding carboxylic acids is 1. The SMILES string of the molecule is CCC[C@@H](C)NC(=O)/C=C/c1ccccc1OC. The Kier molecular flexibility index (Phi) is 5.98. The third-order valence-corrected chi connectivity index (χ3v) is 2.66. The lowest BCUT2D eigenvalue weighted by Gasteiger charge is -2.10. The lowest BCUT2D eigenvalue weighted by Crippen LogP contribution is -2.30. The maximum absolute atomic E-state index is 11.7. The van der Waals surface area contributed by atoms with Crippen molar-refractivity contribution in [2.24, 2.45) is 0 Å². The van der Waals surface area contributed by atoms with Gasteiger partial charge in [0.15, 0.2) is 0 Å². The number of nitrogens with one attached hydrogen (secondary N) is 1. The summed E-state index contributed by atoms with van der Waals surface area (Å²) in [7, 11) is 1.62. The van der Waals surface area contributed by atoms with E-state index in [1.54, 1.807) is 19.3 Å². The van der Waals surface area contributed by atoms with Crippen LogP contribution in [0.25, 0.3) is 6.08 Å². The van der Waals surface area contributed by atoms with Crippen molar-refractivity contribution >= 4 is 12.0 Å². The molecule has 0 bridgehead atoms. The first-order chi connectivity index (χ1) is 8.67. The molecule has 0 radical (unpaired) electrons. The Morgan fingerprint density at radius 1 is 1.44 bits per heavy atom. The predicted molar refractivity (Wildman–Crippen MR) is 74.5 cm³/mol. The molecule has 0 aliphatic rings. The van der Waals surface area contributed by atoms with Crippen LogP contribution in [0.4, 0.5) is 0 Å². The van der Waals surface area contributed by atoms with Gasteiger partial charge in [0.1, 0.15) is 5.75 Å². The van der Waals surface area contributed by atoms with E-state index in [4.69, 9.17) is 4.74 Å². The zero-order chi connectivity index (χ0) is 13.4. The van der Waals surface area contributed by atoms with Crippen LogP contribution in [-0.4, -0.2) is 19.1 Å². The summed E-state index contributed by atoms with van der Waals surface area (Å²) in [5, 5.41) is 2.92. The standard InChI is InChI=1S/C15H21NO2/c1-4-7-12(2)16-15(17)11-10-13-8-5-6-9-14(13)18-3/h5-6,8-12H,4,7H2,1-3H3,(H,16,17)/b11-10+/t12-/m1/s1. The summed E-state index contributed by atoms with van der Waals surface area (Å²) in [5.41, 5.74) is 0.901. The molecule has 0 aliphatic carbocycles. The van der Waals surface area contributed by atoms with Gasteiger partial charge < -0.3 is 10.1 Å². The van der Waals surface area contributed by atoms with Gasteiger partial charge in [0, 0.05) is 17.7 Å². The average Bonchev–Trinajstić information content (AvgIpc) is 2.37. The second-order valence-electron chi connectivity index (χ2n) is 4.27. The van der Waals surface area contributed by atoms with Crippen molar-refractivity contribution in [3.63, 3.8) is 0 Å². The van der Waals surface area contributed by atoms with E-state index in [0.717, 1.165) is 24.2 Å². The number of hydrogen-bond donors (Lipinski definition) is 1. The molecule has 0 saturated heterocycles. The van der Waals surface area contributed by atoms with E-state index in [-0.39, 0.29) is 11.9 Å². The first kappa shape index (κ1) is 14.3. The molecule has 0 fully saturated rings. The van der Waals surface area contributed by atoms with E-state index in [2.05, 4.69) is 12.2 Å². The Balaban J connectivity index is 2.60. The second-order valence-corrected chi connectivity index (χ2v) is 4.27. The molecule has 0 saturated carbocycles. The van der Waals surface area contributed by atoms with Gasteiger partial charge in [-0.05, 0) is 25.5 Å². The normalized spacial score (nSPS) is 12.4. The summed E-state index contributed by atoms with van der Waals surface area (Å²) in [6.07, 6.45) is 5.38. The molecule has 0 aromatic heterocycles. The van der Waals surface area contributed by atoms with Gasteiger partial charge in [-0.25, -0.2) is 0 Å². The summed E-state index contributed by atoms with van der Waals surface area (Å²) in [4.78, 5) is 11.7. The summed E-state index contributed by atoms with van der Waals surface area (Å²) >= 11 is 0. The molecule has 0 heterocycles. The van der Waals surface area contributed by atoms with E-state index in [1.165, 1.54) is 0 Å². The van der Waals surface area contributed by atoms with Crippen LogP contribution in [-0.2, 0) is 4.79 Å². The maximum atomic E-state index is 11.7. The highest BCUT2D eigenvalue weighted by Gasteiger charge is 2.03. The van der Waals surface area contributed by atoms with Gasteiger partial charge in [0.05, 0.1) is 7.11 Å². The largest absolute Gasteiger partial charge is 0.496 e. The van der Waals surface area contributed by atoms with Crippen molar-refractivity contribution in [3.8, 4) is 5.75 Å². The molecule has 1 aromatic carbocycles. The molecule has 0 unspecified atom stereocenters. The molecule has 1 rings (SSSR count). The topological polar surface area (TPSA) is 38.3 Å². The van der Waals surface area contributed by atoms with Crippen LogP contribution in [0.2, 0.25) is 0 Å². The minimum absolute atomic E-state index is 0.0677. The van der Waals surface area contributed by atoms with E-state index in [9.17, 15) is 4.79 Å². The van der Waals surface area contributed by atoms with Crippen LogP contribution >= 0.6 is 0 Å². The van der Waals surface area contributed by atoms with Gasteiger partial charge in [-0.3, -0.25) is 4.79 Å². The molecule has 1 amide bonds. The highest BCUT2D eigenvalue weighted by molar-refractivity contribution is 5.92. The van der Waals surface area contributed by atoms with Crippen molar-refractivity contribution in [2.75, 3.05) is 7.11 Å². The van der Waals surface area contributed by atoms with E-state index in [0.29, 0.717) is 0 Å². The third kappa shape index (κ3) is 4.62. The fraction of sp³-hybridized carbons (Fsp3) is 0.400. The van der Waals surface area contributed by atoms with Crippen molar-refractivity contribution in [1.29, 1.82) is 0 Å². The predicted octanol–water partition coefficient (Wildman–Crippen LogP) is 3.01. The number of carbonyl (C=O) groups is 1. The van der Waals surface area contributed by atoms with Crippen LogP contribution in [0.5, 0.6) is 5.75 Å². The first-order valence-electron chi connectivity index (χ1n) is 6.29. The summed E-state index contributed by atoms with van der Waals surface area (Å²) in [6.45, 7) is 4.12. The van der Waals surface area contributed by atoms with Crippen molar-refractivity contribution in [3.05, 3.63) is 35.9 Å². The van der Waals surface area contributed by atoms with Crippen LogP contribution in [0.1, 0.15) is 32.3 Å². The van der Waals surface area contributed by atoms with E-state index in [1.807, 2.05) is 31.2 Å². The lowest BCUT2D eigenvalue weighted by atomic mass is 10.1. The molecule has 3 heteroatoms. The number of rotatable bonds is 6. The van der Waals surface area contributed by atoms with Crippen molar-refractivity contribution < 1.29 is 9.53 Å².